The summed E-state index contributed by atoms with van der Waals surface area (Å²) in [6, 6.07) is 3.39. The zero-order valence-corrected chi connectivity index (χ0v) is 11.6. The van der Waals surface area contributed by atoms with E-state index in [0.717, 1.165) is 5.82 Å². The minimum Gasteiger partial charge on any atom is -0.354 e. The number of amides is 2. The van der Waals surface area contributed by atoms with Crippen molar-refractivity contribution in [3.63, 3.8) is 0 Å². The maximum Gasteiger partial charge on any atom is 0.269 e. The highest BCUT2D eigenvalue weighted by Crippen LogP contribution is 2.16. The van der Waals surface area contributed by atoms with Gasteiger partial charge in [-0.1, -0.05) is 0 Å². The van der Waals surface area contributed by atoms with Crippen LogP contribution in [-0.2, 0) is 13.1 Å². The van der Waals surface area contributed by atoms with E-state index in [1.165, 1.54) is 0 Å². The van der Waals surface area contributed by atoms with Crippen LogP contribution in [0.25, 0.3) is 0 Å². The summed E-state index contributed by atoms with van der Waals surface area (Å²) in [5, 5.41) is 2.59. The van der Waals surface area contributed by atoms with Crippen LogP contribution in [0.3, 0.4) is 0 Å². The van der Waals surface area contributed by atoms with E-state index in [-0.39, 0.29) is 11.8 Å². The van der Waals surface area contributed by atoms with Crippen molar-refractivity contribution < 1.29 is 9.59 Å². The van der Waals surface area contributed by atoms with Crippen molar-refractivity contribution >= 4 is 11.8 Å². The highest BCUT2D eigenvalue weighted by Gasteiger charge is 2.25. The first-order valence-corrected chi connectivity index (χ1v) is 6.66. The molecule has 3 rings (SSSR count). The Morgan fingerprint density at radius 3 is 2.71 bits per heavy atom. The number of fused-ring (bicyclic) bond motifs is 1. The van der Waals surface area contributed by atoms with Gasteiger partial charge in [-0.2, -0.15) is 0 Å². The van der Waals surface area contributed by atoms with Crippen molar-refractivity contribution in [2.75, 3.05) is 13.6 Å². The molecule has 108 valence electrons. The van der Waals surface area contributed by atoms with Crippen molar-refractivity contribution in [2.24, 2.45) is 0 Å². The number of imidazole rings is 1. The number of carbonyl (C=O) groups is 2. The minimum absolute atomic E-state index is 0.0480. The topological polar surface area (TPSA) is 80.1 Å². The normalized spacial score (nSPS) is 13.7. The molecule has 3 heterocycles. The van der Waals surface area contributed by atoms with E-state index in [4.69, 9.17) is 0 Å². The van der Waals surface area contributed by atoms with Gasteiger partial charge in [0.15, 0.2) is 0 Å². The lowest BCUT2D eigenvalue weighted by atomic mass is 10.2. The molecule has 0 fully saturated rings. The Morgan fingerprint density at radius 2 is 2.00 bits per heavy atom. The number of hydrogen-bond acceptors (Lipinski definition) is 4. The monoisotopic (exact) mass is 285 g/mol. The molecule has 21 heavy (non-hydrogen) atoms. The molecule has 2 aromatic heterocycles. The zero-order chi connectivity index (χ0) is 14.8. The Kier molecular flexibility index (Phi) is 3.39. The maximum atomic E-state index is 12.4. The van der Waals surface area contributed by atoms with Crippen LogP contribution in [0.2, 0.25) is 0 Å². The summed E-state index contributed by atoms with van der Waals surface area (Å²) in [6.07, 6.45) is 4.75. The average molecular weight is 285 g/mol. The maximum absolute atomic E-state index is 12.4. The smallest absolute Gasteiger partial charge is 0.269 e. The van der Waals surface area contributed by atoms with Crippen LogP contribution in [0.1, 0.15) is 26.7 Å². The standard InChI is InChI=1S/C14H15N5O2/c1-15-13(20)11-8-17-12-9-18(6-7-19(11)12)14(21)10-2-4-16-5-3-10/h2-5,8H,6-7,9H2,1H3,(H,15,20). The van der Waals surface area contributed by atoms with Crippen molar-refractivity contribution in [3.8, 4) is 0 Å². The molecule has 0 aromatic carbocycles. The second kappa shape index (κ2) is 5.35. The lowest BCUT2D eigenvalue weighted by molar-refractivity contribution is 0.0706. The molecule has 0 aliphatic carbocycles. The molecule has 1 aliphatic rings. The molecule has 2 aromatic rings. The van der Waals surface area contributed by atoms with Gasteiger partial charge in [0.25, 0.3) is 11.8 Å². The van der Waals surface area contributed by atoms with Gasteiger partial charge in [-0.05, 0) is 12.1 Å². The van der Waals surface area contributed by atoms with E-state index in [1.807, 2.05) is 4.57 Å². The third kappa shape index (κ3) is 2.37. The Labute approximate surface area is 121 Å². The third-order valence-electron chi connectivity index (χ3n) is 3.54. The number of rotatable bonds is 2. The summed E-state index contributed by atoms with van der Waals surface area (Å²) in [4.78, 5) is 34.0. The van der Waals surface area contributed by atoms with E-state index >= 15 is 0 Å². The lowest BCUT2D eigenvalue weighted by Crippen LogP contribution is -2.39. The van der Waals surface area contributed by atoms with Gasteiger partial charge >= 0.3 is 0 Å². The molecule has 0 radical (unpaired) electrons. The lowest BCUT2D eigenvalue weighted by Gasteiger charge is -2.28. The molecule has 7 nitrogen and oxygen atoms in total. The molecule has 0 bridgehead atoms. The second-order valence-electron chi connectivity index (χ2n) is 4.75. The molecule has 1 N–H and O–H groups in total. The van der Waals surface area contributed by atoms with E-state index in [2.05, 4.69) is 15.3 Å². The first-order valence-electron chi connectivity index (χ1n) is 6.66. The molecule has 2 amide bonds. The summed E-state index contributed by atoms with van der Waals surface area (Å²) < 4.78 is 1.86. The molecular weight excluding hydrogens is 270 g/mol. The molecular formula is C14H15N5O2. The van der Waals surface area contributed by atoms with Gasteiger partial charge in [-0.15, -0.1) is 0 Å². The quantitative estimate of drug-likeness (QED) is 0.860. The van der Waals surface area contributed by atoms with Crippen LogP contribution in [0.15, 0.2) is 30.7 Å². The third-order valence-corrected chi connectivity index (χ3v) is 3.54. The van der Waals surface area contributed by atoms with Gasteiger partial charge in [-0.25, -0.2) is 4.98 Å². The number of carbonyl (C=O) groups excluding carboxylic acids is 2. The predicted molar refractivity (Wildman–Crippen MR) is 74.6 cm³/mol. The van der Waals surface area contributed by atoms with Gasteiger partial charge in [0.1, 0.15) is 11.5 Å². The van der Waals surface area contributed by atoms with E-state index in [1.54, 1.807) is 42.7 Å². The predicted octanol–water partition coefficient (Wildman–Crippen LogP) is 0.294. The van der Waals surface area contributed by atoms with Gasteiger partial charge < -0.3 is 14.8 Å². The highest BCUT2D eigenvalue weighted by atomic mass is 16.2. The van der Waals surface area contributed by atoms with Crippen molar-refractivity contribution in [1.82, 2.24) is 24.8 Å². The summed E-state index contributed by atoms with van der Waals surface area (Å²) in [5.74, 6) is 0.512. The summed E-state index contributed by atoms with van der Waals surface area (Å²) in [7, 11) is 1.59. The fraction of sp³-hybridized carbons (Fsp3) is 0.286. The Morgan fingerprint density at radius 1 is 1.24 bits per heavy atom. The zero-order valence-electron chi connectivity index (χ0n) is 11.6. The van der Waals surface area contributed by atoms with Gasteiger partial charge in [-0.3, -0.25) is 14.6 Å². The molecule has 0 saturated heterocycles. The van der Waals surface area contributed by atoms with Gasteiger partial charge in [0.05, 0.1) is 12.7 Å². The minimum atomic E-state index is -0.164. The van der Waals surface area contributed by atoms with Crippen LogP contribution in [0.5, 0.6) is 0 Å². The number of hydrogen-bond donors (Lipinski definition) is 1. The van der Waals surface area contributed by atoms with Crippen LogP contribution in [0, 0.1) is 0 Å². The summed E-state index contributed by atoms with van der Waals surface area (Å²) >= 11 is 0. The number of aromatic nitrogens is 3. The van der Waals surface area contributed by atoms with E-state index in [9.17, 15) is 9.59 Å². The van der Waals surface area contributed by atoms with Gasteiger partial charge in [0.2, 0.25) is 0 Å². The molecule has 7 heteroatoms. The van der Waals surface area contributed by atoms with Crippen LogP contribution >= 0.6 is 0 Å². The van der Waals surface area contributed by atoms with E-state index < -0.39 is 0 Å². The summed E-state index contributed by atoms with van der Waals surface area (Å²) in [5.41, 5.74) is 1.14. The van der Waals surface area contributed by atoms with Crippen LogP contribution in [-0.4, -0.2) is 44.8 Å². The van der Waals surface area contributed by atoms with Gasteiger partial charge in [0, 0.05) is 38.1 Å². The number of pyridine rings is 1. The average Bonchev–Trinajstić information content (AvgIpc) is 2.97. The first-order chi connectivity index (χ1) is 10.2. The Bertz CT molecular complexity index is 680. The SMILES string of the molecule is CNC(=O)c1cnc2n1CCN(C(=O)c1ccncc1)C2. The number of nitrogens with zero attached hydrogens (tertiary/aromatic N) is 4. The Balaban J connectivity index is 1.81. The largest absolute Gasteiger partial charge is 0.354 e. The van der Waals surface area contributed by atoms with E-state index in [0.29, 0.717) is 30.9 Å². The molecule has 0 saturated carbocycles. The van der Waals surface area contributed by atoms with Crippen molar-refractivity contribution in [2.45, 2.75) is 13.1 Å². The van der Waals surface area contributed by atoms with Crippen molar-refractivity contribution in [3.05, 3.63) is 47.8 Å². The molecule has 0 unspecified atom stereocenters. The van der Waals surface area contributed by atoms with Crippen molar-refractivity contribution in [1.29, 1.82) is 0 Å². The van der Waals surface area contributed by atoms with Crippen LogP contribution in [0.4, 0.5) is 0 Å². The molecule has 1 aliphatic heterocycles. The number of nitrogens with one attached hydrogen (secondary N) is 1. The first kappa shape index (κ1) is 13.3. The molecule has 0 atom stereocenters. The highest BCUT2D eigenvalue weighted by molar-refractivity contribution is 5.94. The summed E-state index contributed by atoms with van der Waals surface area (Å²) in [6.45, 7) is 1.52. The van der Waals surface area contributed by atoms with Crippen LogP contribution < -0.4 is 5.32 Å². The molecule has 0 spiro atoms. The fourth-order valence-electron chi connectivity index (χ4n) is 2.42. The fourth-order valence-corrected chi connectivity index (χ4v) is 2.42. The Hall–Kier alpha value is -2.70. The second-order valence-corrected chi connectivity index (χ2v) is 4.75.